The fourth-order valence-corrected chi connectivity index (χ4v) is 1.99. The average Bonchev–Trinajstić information content (AvgIpc) is 2.47. The highest BCUT2D eigenvalue weighted by Gasteiger charge is 2.33. The maximum atomic E-state index is 11.9. The normalized spacial score (nSPS) is 28.6. The second kappa shape index (κ2) is 4.70. The molecule has 1 aliphatic heterocycles. The number of hydrogen-bond acceptors (Lipinski definition) is 2. The minimum Gasteiger partial charge on any atom is -0.330 e. The predicted octanol–water partition coefficient (Wildman–Crippen LogP) is 2.00. The van der Waals surface area contributed by atoms with E-state index >= 15 is 0 Å². The van der Waals surface area contributed by atoms with Crippen molar-refractivity contribution in [2.45, 2.75) is 32.4 Å². The summed E-state index contributed by atoms with van der Waals surface area (Å²) in [6.45, 7) is 4.96. The number of halogens is 3. The van der Waals surface area contributed by atoms with Gasteiger partial charge in [0.2, 0.25) is 0 Å². The third-order valence-electron chi connectivity index (χ3n) is 3.06. The van der Waals surface area contributed by atoms with Crippen molar-refractivity contribution in [1.82, 2.24) is 4.90 Å². The summed E-state index contributed by atoms with van der Waals surface area (Å²) < 4.78 is 35.7. The van der Waals surface area contributed by atoms with Gasteiger partial charge in [0.05, 0.1) is 0 Å². The summed E-state index contributed by atoms with van der Waals surface area (Å²) in [5.74, 6) is 0. The molecule has 0 spiro atoms. The van der Waals surface area contributed by atoms with Gasteiger partial charge in [-0.1, -0.05) is 6.92 Å². The third-order valence-corrected chi connectivity index (χ3v) is 3.06. The SMILES string of the molecule is CC1(CN)CCN(CCCC(F)(F)F)C1. The Morgan fingerprint density at radius 3 is 2.53 bits per heavy atom. The molecule has 1 atom stereocenters. The van der Waals surface area contributed by atoms with Crippen LogP contribution in [-0.2, 0) is 0 Å². The van der Waals surface area contributed by atoms with Gasteiger partial charge in [0, 0.05) is 13.0 Å². The molecule has 0 aromatic heterocycles. The summed E-state index contributed by atoms with van der Waals surface area (Å²) in [6, 6.07) is 0. The first kappa shape index (κ1) is 12.8. The maximum absolute atomic E-state index is 11.9. The van der Waals surface area contributed by atoms with Gasteiger partial charge in [-0.3, -0.25) is 0 Å². The molecule has 1 saturated heterocycles. The molecule has 0 aromatic rings. The Balaban J connectivity index is 2.20. The molecule has 1 aliphatic rings. The number of nitrogens with two attached hydrogens (primary N) is 1. The van der Waals surface area contributed by atoms with E-state index in [2.05, 4.69) is 11.8 Å². The summed E-state index contributed by atoms with van der Waals surface area (Å²) in [5, 5.41) is 0. The first-order valence-electron chi connectivity index (χ1n) is 5.34. The van der Waals surface area contributed by atoms with Crippen LogP contribution in [0.1, 0.15) is 26.2 Å². The number of likely N-dealkylation sites (tertiary alicyclic amines) is 1. The number of rotatable bonds is 4. The predicted molar refractivity (Wildman–Crippen MR) is 53.5 cm³/mol. The van der Waals surface area contributed by atoms with E-state index in [1.54, 1.807) is 0 Å². The zero-order valence-electron chi connectivity index (χ0n) is 9.11. The zero-order chi connectivity index (χ0) is 11.5. The molecule has 1 fully saturated rings. The second-order valence-corrected chi connectivity index (χ2v) is 4.76. The van der Waals surface area contributed by atoms with Crippen LogP contribution in [0.3, 0.4) is 0 Å². The van der Waals surface area contributed by atoms with Crippen LogP contribution >= 0.6 is 0 Å². The largest absolute Gasteiger partial charge is 0.389 e. The minimum atomic E-state index is -4.02. The van der Waals surface area contributed by atoms with Gasteiger partial charge in [0.1, 0.15) is 0 Å². The first-order chi connectivity index (χ1) is 6.85. The lowest BCUT2D eigenvalue weighted by atomic mass is 9.90. The molecule has 0 radical (unpaired) electrons. The quantitative estimate of drug-likeness (QED) is 0.791. The second-order valence-electron chi connectivity index (χ2n) is 4.76. The highest BCUT2D eigenvalue weighted by Crippen LogP contribution is 2.29. The lowest BCUT2D eigenvalue weighted by Crippen LogP contribution is -2.32. The Morgan fingerprint density at radius 2 is 2.07 bits per heavy atom. The van der Waals surface area contributed by atoms with Crippen LogP contribution in [0.15, 0.2) is 0 Å². The van der Waals surface area contributed by atoms with Gasteiger partial charge in [-0.2, -0.15) is 13.2 Å². The zero-order valence-corrected chi connectivity index (χ0v) is 9.11. The van der Waals surface area contributed by atoms with Crippen molar-refractivity contribution in [2.75, 3.05) is 26.2 Å². The monoisotopic (exact) mass is 224 g/mol. The fourth-order valence-electron chi connectivity index (χ4n) is 1.99. The van der Waals surface area contributed by atoms with Crippen LogP contribution < -0.4 is 5.73 Å². The summed E-state index contributed by atoms with van der Waals surface area (Å²) in [4.78, 5) is 2.08. The van der Waals surface area contributed by atoms with E-state index < -0.39 is 12.6 Å². The molecule has 0 aliphatic carbocycles. The van der Waals surface area contributed by atoms with Crippen molar-refractivity contribution in [2.24, 2.45) is 11.1 Å². The van der Waals surface area contributed by atoms with Gasteiger partial charge in [-0.05, 0) is 37.9 Å². The molecular weight excluding hydrogens is 205 g/mol. The molecule has 15 heavy (non-hydrogen) atoms. The molecule has 0 aromatic carbocycles. The number of nitrogens with zero attached hydrogens (tertiary/aromatic N) is 1. The Morgan fingerprint density at radius 1 is 1.40 bits per heavy atom. The molecule has 90 valence electrons. The molecule has 1 rings (SSSR count). The van der Waals surface area contributed by atoms with E-state index in [1.807, 2.05) is 0 Å². The summed E-state index contributed by atoms with van der Waals surface area (Å²) in [5.41, 5.74) is 5.73. The van der Waals surface area contributed by atoms with E-state index in [0.717, 1.165) is 19.5 Å². The lowest BCUT2D eigenvalue weighted by Gasteiger charge is -2.22. The van der Waals surface area contributed by atoms with Crippen LogP contribution in [0.2, 0.25) is 0 Å². The van der Waals surface area contributed by atoms with Gasteiger partial charge in [0.25, 0.3) is 0 Å². The van der Waals surface area contributed by atoms with Crippen molar-refractivity contribution in [1.29, 1.82) is 0 Å². The molecule has 0 saturated carbocycles. The molecule has 5 heteroatoms. The van der Waals surface area contributed by atoms with Crippen molar-refractivity contribution >= 4 is 0 Å². The van der Waals surface area contributed by atoms with Gasteiger partial charge in [0.15, 0.2) is 0 Å². The van der Waals surface area contributed by atoms with Crippen molar-refractivity contribution < 1.29 is 13.2 Å². The Bertz CT molecular complexity index is 205. The Kier molecular flexibility index (Phi) is 4.00. The summed E-state index contributed by atoms with van der Waals surface area (Å²) in [6.07, 6.45) is -3.50. The van der Waals surface area contributed by atoms with E-state index in [-0.39, 0.29) is 11.8 Å². The summed E-state index contributed by atoms with van der Waals surface area (Å²) >= 11 is 0. The topological polar surface area (TPSA) is 29.3 Å². The maximum Gasteiger partial charge on any atom is 0.389 e. The van der Waals surface area contributed by atoms with Crippen LogP contribution in [0, 0.1) is 5.41 Å². The molecule has 2 N–H and O–H groups in total. The van der Waals surface area contributed by atoms with Crippen molar-refractivity contribution in [3.8, 4) is 0 Å². The van der Waals surface area contributed by atoms with E-state index in [0.29, 0.717) is 13.1 Å². The standard InChI is InChI=1S/C10H19F3N2/c1-9(7-14)4-6-15(8-9)5-2-3-10(11,12)13/h2-8,14H2,1H3. The molecule has 1 heterocycles. The van der Waals surface area contributed by atoms with Crippen molar-refractivity contribution in [3.05, 3.63) is 0 Å². The van der Waals surface area contributed by atoms with E-state index in [1.165, 1.54) is 0 Å². The van der Waals surface area contributed by atoms with Crippen LogP contribution in [0.25, 0.3) is 0 Å². The number of hydrogen-bond donors (Lipinski definition) is 1. The van der Waals surface area contributed by atoms with Gasteiger partial charge < -0.3 is 10.6 Å². The lowest BCUT2D eigenvalue weighted by molar-refractivity contribution is -0.136. The molecule has 2 nitrogen and oxygen atoms in total. The first-order valence-corrected chi connectivity index (χ1v) is 5.34. The van der Waals surface area contributed by atoms with E-state index in [4.69, 9.17) is 5.73 Å². The smallest absolute Gasteiger partial charge is 0.330 e. The fraction of sp³-hybridized carbons (Fsp3) is 1.00. The van der Waals surface area contributed by atoms with Crippen molar-refractivity contribution in [3.63, 3.8) is 0 Å². The van der Waals surface area contributed by atoms with Gasteiger partial charge in [-0.15, -0.1) is 0 Å². The molecule has 0 bridgehead atoms. The highest BCUT2D eigenvalue weighted by molar-refractivity contribution is 4.86. The third kappa shape index (κ3) is 4.38. The molecular formula is C10H19F3N2. The van der Waals surface area contributed by atoms with E-state index in [9.17, 15) is 13.2 Å². The average molecular weight is 224 g/mol. The Labute approximate surface area is 88.6 Å². The highest BCUT2D eigenvalue weighted by atomic mass is 19.4. The van der Waals surface area contributed by atoms with Crippen LogP contribution in [-0.4, -0.2) is 37.3 Å². The number of alkyl halides is 3. The summed E-state index contributed by atoms with van der Waals surface area (Å²) in [7, 11) is 0. The van der Waals surface area contributed by atoms with Gasteiger partial charge in [-0.25, -0.2) is 0 Å². The minimum absolute atomic E-state index is 0.109. The Hall–Kier alpha value is -0.290. The molecule has 0 amide bonds. The van der Waals surface area contributed by atoms with Gasteiger partial charge >= 0.3 is 6.18 Å². The van der Waals surface area contributed by atoms with Crippen LogP contribution in [0.5, 0.6) is 0 Å². The van der Waals surface area contributed by atoms with Crippen LogP contribution in [0.4, 0.5) is 13.2 Å². The molecule has 1 unspecified atom stereocenters.